The van der Waals surface area contributed by atoms with E-state index in [0.29, 0.717) is 6.42 Å². The van der Waals surface area contributed by atoms with Crippen LogP contribution in [0.2, 0.25) is 0 Å². The summed E-state index contributed by atoms with van der Waals surface area (Å²) in [5.41, 5.74) is 11.0. The van der Waals surface area contributed by atoms with Gasteiger partial charge in [0, 0.05) is 315 Å². The molecule has 38 heteroatoms. The highest BCUT2D eigenvalue weighted by Crippen LogP contribution is 2.42. The molecular weight excluding hydrogens is 1620 g/mol. The molecule has 0 bridgehead atoms. The summed E-state index contributed by atoms with van der Waals surface area (Å²) >= 11 is 9.59. The minimum absolute atomic E-state index is 0.182. The Hall–Kier alpha value is 3.83. The van der Waals surface area contributed by atoms with E-state index in [1.165, 1.54) is 88.0 Å². The second-order valence-corrected chi connectivity index (χ2v) is 72.8. The van der Waals surface area contributed by atoms with Gasteiger partial charge in [0.1, 0.15) is 0 Å². The third-order valence-electron chi connectivity index (χ3n) is 10.2. The first-order valence-corrected chi connectivity index (χ1v) is 66.0. The number of nitrogens with zero attached hydrogens (tertiary/aromatic N) is 3. The molecule has 0 aromatic heterocycles. The van der Waals surface area contributed by atoms with Crippen molar-refractivity contribution in [3.05, 3.63) is 105 Å². The molecular formula is C38H45N3S35. The van der Waals surface area contributed by atoms with E-state index < -0.39 is 0 Å². The third kappa shape index (κ3) is 35.5. The van der Waals surface area contributed by atoms with Crippen molar-refractivity contribution in [1.82, 2.24) is 0 Å². The summed E-state index contributed by atoms with van der Waals surface area (Å²) in [5, 5.41) is 27.2. The summed E-state index contributed by atoms with van der Waals surface area (Å²) in [6.07, 6.45) is 9.43. The van der Waals surface area contributed by atoms with E-state index >= 15 is 0 Å². The highest BCUT2D eigenvalue weighted by atomic mass is 33.5. The van der Waals surface area contributed by atoms with Crippen LogP contribution in [0, 0.1) is 75.5 Å². The number of hydrogen-bond acceptors (Lipinski definition) is 5. The van der Waals surface area contributed by atoms with Gasteiger partial charge in [-0.25, -0.2) is 0 Å². The Bertz CT molecular complexity index is 4020. The van der Waals surface area contributed by atoms with Crippen LogP contribution in [0.4, 0.5) is 0 Å². The van der Waals surface area contributed by atoms with Crippen LogP contribution in [-0.4, -0.2) is 0 Å². The van der Waals surface area contributed by atoms with E-state index in [2.05, 4.69) is 108 Å². The van der Waals surface area contributed by atoms with Crippen molar-refractivity contribution < 1.29 is 0 Å². The number of aryl methyl sites for hydroxylation is 6. The maximum atomic E-state index is 9.38. The van der Waals surface area contributed by atoms with Gasteiger partial charge in [-0.2, -0.15) is 15.8 Å². The summed E-state index contributed by atoms with van der Waals surface area (Å²) < 4.78 is 0. The van der Waals surface area contributed by atoms with Crippen molar-refractivity contribution in [2.45, 2.75) is 110 Å². The topological polar surface area (TPSA) is 71.4 Å². The van der Waals surface area contributed by atoms with E-state index in [0.717, 1.165) is 31.2 Å². The zero-order valence-corrected chi connectivity index (χ0v) is 68.8. The molecule has 2 aliphatic carbocycles. The Balaban J connectivity index is 0.000000391. The van der Waals surface area contributed by atoms with Crippen LogP contribution in [0.15, 0.2) is 54.6 Å². The molecule has 0 spiro atoms. The van der Waals surface area contributed by atoms with Crippen molar-refractivity contribution >= 4 is 315 Å². The molecule has 422 valence electrons. The Morgan fingerprint density at radius 3 is 0.789 bits per heavy atom. The molecule has 0 N–H and O–H groups in total. The van der Waals surface area contributed by atoms with Gasteiger partial charge in [-0.1, -0.05) is 80.3 Å². The lowest BCUT2D eigenvalue weighted by Gasteiger charge is -2.21. The molecule has 76 heavy (non-hydrogen) atoms. The van der Waals surface area contributed by atoms with Gasteiger partial charge in [0.05, 0.1) is 35.5 Å². The van der Waals surface area contributed by atoms with Gasteiger partial charge in [-0.05, 0) is 117 Å². The number of benzene rings is 3. The third-order valence-corrected chi connectivity index (χ3v) is 81.3. The molecule has 2 saturated carbocycles. The zero-order chi connectivity index (χ0) is 55.4. The molecule has 2 fully saturated rings. The molecule has 0 aliphatic heterocycles. The number of rotatable bonds is 3. The van der Waals surface area contributed by atoms with Crippen LogP contribution < -0.4 is 0 Å². The van der Waals surface area contributed by atoms with Gasteiger partial charge in [-0.3, -0.25) is 0 Å². The summed E-state index contributed by atoms with van der Waals surface area (Å²) in [7, 11) is 58.2. The van der Waals surface area contributed by atoms with Crippen LogP contribution in [0.3, 0.4) is 0 Å². The van der Waals surface area contributed by atoms with Crippen LogP contribution in [0.5, 0.6) is 0 Å². The average molecular weight is 1670 g/mol. The van der Waals surface area contributed by atoms with Crippen LogP contribution in [0.1, 0.15) is 101 Å². The summed E-state index contributed by atoms with van der Waals surface area (Å²) in [6.45, 7) is 12.6. The quantitative estimate of drug-likeness (QED) is 0.262. The molecule has 0 unspecified atom stereocenters. The Kier molecular flexibility index (Phi) is 50.9. The van der Waals surface area contributed by atoms with Crippen LogP contribution >= 0.6 is 0 Å². The van der Waals surface area contributed by atoms with Crippen molar-refractivity contribution in [2.24, 2.45) is 0 Å². The van der Waals surface area contributed by atoms with Crippen LogP contribution in [-0.2, 0) is 333 Å². The van der Waals surface area contributed by atoms with Crippen molar-refractivity contribution in [1.29, 1.82) is 15.8 Å². The van der Waals surface area contributed by atoms with E-state index in [9.17, 15) is 10.5 Å². The Morgan fingerprint density at radius 2 is 0.579 bits per heavy atom. The molecule has 0 heterocycles. The SMILES string of the molecule is Cc1ccc(C2(C#N)CCCC2)cc1C.Cc1ccc(C2(C#N)CCCC2)cc1C.Cc1ccc(CC#N)cc1C.S=S=S=S=S=S=S=S=S=S=S=S=S=S=S=S=S=S=S=S=S=S=S=S=S=S=S=S=S=S=S=S=S=S=S. The lowest BCUT2D eigenvalue weighted by molar-refractivity contribution is 0.572. The molecule has 3 aromatic rings. The van der Waals surface area contributed by atoms with Gasteiger partial charge < -0.3 is 0 Å². The summed E-state index contributed by atoms with van der Waals surface area (Å²) in [5.74, 6) is 0. The Labute approximate surface area is 553 Å². The van der Waals surface area contributed by atoms with Crippen molar-refractivity contribution in [2.75, 3.05) is 0 Å². The lowest BCUT2D eigenvalue weighted by Crippen LogP contribution is -2.19. The largest absolute Gasteiger partial charge is 0.198 e. The highest BCUT2D eigenvalue weighted by molar-refractivity contribution is 8.80. The first-order chi connectivity index (χ1) is 37.0. The molecule has 3 nitrogen and oxygen atoms in total. The fourth-order valence-electron chi connectivity index (χ4n) is 6.32. The number of hydrogen-bond donors (Lipinski definition) is 0. The van der Waals surface area contributed by atoms with Gasteiger partial charge in [-0.15, -0.1) is 0 Å². The second-order valence-electron chi connectivity index (χ2n) is 14.4. The van der Waals surface area contributed by atoms with E-state index in [-0.39, 0.29) is 10.8 Å². The van der Waals surface area contributed by atoms with Gasteiger partial charge in [0.25, 0.3) is 0 Å². The minimum atomic E-state index is -0.182. The summed E-state index contributed by atoms with van der Waals surface area (Å²) in [4.78, 5) is 0. The first kappa shape index (κ1) is 75.9. The predicted octanol–water partition coefficient (Wildman–Crippen LogP) is 9.56. The van der Waals surface area contributed by atoms with Gasteiger partial charge in [0.2, 0.25) is 0 Å². The van der Waals surface area contributed by atoms with E-state index in [1.54, 1.807) is 107 Å². The maximum Gasteiger partial charge on any atom is 0.0822 e. The highest BCUT2D eigenvalue weighted by Gasteiger charge is 2.36. The maximum absolute atomic E-state index is 9.38. The second kappa shape index (κ2) is 50.9. The molecule has 3 aromatic carbocycles. The fourth-order valence-corrected chi connectivity index (χ4v) is 91.4. The lowest BCUT2D eigenvalue weighted by atomic mass is 9.79. The van der Waals surface area contributed by atoms with Crippen molar-refractivity contribution in [3.63, 3.8) is 0 Å². The molecule has 0 radical (unpaired) electrons. The normalized spacial score (nSPS) is 12.2. The van der Waals surface area contributed by atoms with E-state index in [4.69, 9.17) is 27.6 Å². The van der Waals surface area contributed by atoms with E-state index in [1.807, 2.05) is 175 Å². The smallest absolute Gasteiger partial charge is 0.0822 e. The standard InChI is InChI=1S/2C14H17N.C10H11N.S35/c2*1-11-5-6-13(9-12(11)2)14(10-15)7-3-4-8-14;1-8-3-4-10(5-6-11)7-9(8)2;1-3-5-7-9-11-13-15-17-19-21-23-25-27-29-31-33-35-34-32-30-28-26-24-22-20-18-16-14-12-10-8-6-4-2/h2*5-6,9H,3-4,7-8H2,1-2H3;3-4,7H,5H2,1-2H3;. The first-order valence-electron chi connectivity index (χ1n) is 20.7. The average Bonchev–Trinajstić information content (AvgIpc) is 4.14. The minimum Gasteiger partial charge on any atom is -0.198 e. The fraction of sp³-hybridized carbons (Fsp3) is 0.447. The summed E-state index contributed by atoms with van der Waals surface area (Å²) in [6, 6.07) is 26.3. The predicted molar refractivity (Wildman–Crippen MR) is 426 cm³/mol. The molecule has 0 amide bonds. The molecule has 5 rings (SSSR count). The monoisotopic (exact) mass is 1660 g/mol. The molecule has 0 atom stereocenters. The van der Waals surface area contributed by atoms with Gasteiger partial charge >= 0.3 is 0 Å². The Morgan fingerprint density at radius 1 is 0.342 bits per heavy atom. The van der Waals surface area contributed by atoms with Gasteiger partial charge in [0.15, 0.2) is 0 Å². The zero-order valence-electron chi connectivity index (χ0n) is 40.2. The number of nitriles is 3. The van der Waals surface area contributed by atoms with Crippen LogP contribution in [0.25, 0.3) is 0 Å². The van der Waals surface area contributed by atoms with Crippen molar-refractivity contribution in [3.8, 4) is 18.2 Å². The molecule has 2 aliphatic rings. The molecule has 0 saturated heterocycles.